The molecule has 1 N–H and O–H groups in total. The molecule has 1 aromatic heterocycles. The van der Waals surface area contributed by atoms with Crippen LogP contribution >= 0.6 is 0 Å². The van der Waals surface area contributed by atoms with Crippen LogP contribution in [0.2, 0.25) is 0 Å². The van der Waals surface area contributed by atoms with Gasteiger partial charge in [-0.3, -0.25) is 4.79 Å². The first-order valence-electron chi connectivity index (χ1n) is 5.21. The highest BCUT2D eigenvalue weighted by Gasteiger charge is 2.17. The highest BCUT2D eigenvalue weighted by molar-refractivity contribution is 5.94. The molecular formula is C11H14F2N2O. The van der Waals surface area contributed by atoms with Crippen molar-refractivity contribution in [3.05, 3.63) is 29.6 Å². The number of hydrogen-bond acceptors (Lipinski definition) is 2. The SMILES string of the molecule is CCC(CC)NC(=O)c1ccnc(F)c1F. The molecule has 1 aromatic rings. The molecular weight excluding hydrogens is 214 g/mol. The van der Waals surface area contributed by atoms with Gasteiger partial charge in [-0.15, -0.1) is 0 Å². The van der Waals surface area contributed by atoms with E-state index in [2.05, 4.69) is 10.3 Å². The number of carbonyl (C=O) groups is 1. The van der Waals surface area contributed by atoms with Crippen LogP contribution in [-0.4, -0.2) is 16.9 Å². The van der Waals surface area contributed by atoms with Crippen molar-refractivity contribution in [1.29, 1.82) is 0 Å². The van der Waals surface area contributed by atoms with Crippen molar-refractivity contribution in [3.8, 4) is 0 Å². The molecule has 0 bridgehead atoms. The summed E-state index contributed by atoms with van der Waals surface area (Å²) in [6, 6.07) is 1.14. The lowest BCUT2D eigenvalue weighted by Crippen LogP contribution is -2.34. The summed E-state index contributed by atoms with van der Waals surface area (Å²) in [7, 11) is 0. The summed E-state index contributed by atoms with van der Waals surface area (Å²) in [5.41, 5.74) is -0.306. The maximum Gasteiger partial charge on any atom is 0.254 e. The molecule has 16 heavy (non-hydrogen) atoms. The third-order valence-electron chi connectivity index (χ3n) is 2.41. The quantitative estimate of drug-likeness (QED) is 0.803. The Balaban J connectivity index is 2.84. The molecule has 0 unspecified atom stereocenters. The molecule has 0 saturated carbocycles. The Hall–Kier alpha value is -1.52. The van der Waals surface area contributed by atoms with E-state index in [1.165, 1.54) is 0 Å². The summed E-state index contributed by atoms with van der Waals surface area (Å²) in [5.74, 6) is -3.06. The van der Waals surface area contributed by atoms with Crippen LogP contribution < -0.4 is 5.32 Å². The van der Waals surface area contributed by atoms with E-state index >= 15 is 0 Å². The van der Waals surface area contributed by atoms with E-state index in [1.54, 1.807) is 0 Å². The van der Waals surface area contributed by atoms with Crippen LogP contribution in [0.3, 0.4) is 0 Å². The van der Waals surface area contributed by atoms with Crippen LogP contribution in [0.25, 0.3) is 0 Å². The van der Waals surface area contributed by atoms with Crippen molar-refractivity contribution >= 4 is 5.91 Å². The van der Waals surface area contributed by atoms with Crippen LogP contribution in [0, 0.1) is 11.8 Å². The Morgan fingerprint density at radius 2 is 2.06 bits per heavy atom. The first-order valence-corrected chi connectivity index (χ1v) is 5.21. The number of halogens is 2. The predicted molar refractivity (Wildman–Crippen MR) is 56.0 cm³/mol. The van der Waals surface area contributed by atoms with E-state index in [9.17, 15) is 13.6 Å². The Morgan fingerprint density at radius 3 is 2.62 bits per heavy atom. The van der Waals surface area contributed by atoms with E-state index in [1.807, 2.05) is 13.8 Å². The summed E-state index contributed by atoms with van der Waals surface area (Å²) in [6.45, 7) is 3.83. The highest BCUT2D eigenvalue weighted by Crippen LogP contribution is 2.09. The summed E-state index contributed by atoms with van der Waals surface area (Å²) >= 11 is 0. The van der Waals surface area contributed by atoms with Gasteiger partial charge in [0.1, 0.15) is 0 Å². The van der Waals surface area contributed by atoms with Gasteiger partial charge < -0.3 is 5.32 Å². The fourth-order valence-electron chi connectivity index (χ4n) is 1.35. The van der Waals surface area contributed by atoms with Crippen molar-refractivity contribution in [3.63, 3.8) is 0 Å². The zero-order valence-electron chi connectivity index (χ0n) is 9.26. The number of amides is 1. The molecule has 0 aromatic carbocycles. The molecule has 0 aliphatic rings. The molecule has 88 valence electrons. The summed E-state index contributed by atoms with van der Waals surface area (Å²) in [4.78, 5) is 14.7. The molecule has 0 saturated heterocycles. The van der Waals surface area contributed by atoms with Gasteiger partial charge in [-0.25, -0.2) is 9.37 Å². The zero-order valence-corrected chi connectivity index (χ0v) is 9.26. The van der Waals surface area contributed by atoms with Gasteiger partial charge in [0, 0.05) is 12.2 Å². The fourth-order valence-corrected chi connectivity index (χ4v) is 1.35. The largest absolute Gasteiger partial charge is 0.349 e. The van der Waals surface area contributed by atoms with Gasteiger partial charge in [0.2, 0.25) is 5.95 Å². The van der Waals surface area contributed by atoms with E-state index in [0.29, 0.717) is 0 Å². The third kappa shape index (κ3) is 2.74. The number of hydrogen-bond donors (Lipinski definition) is 1. The molecule has 1 amide bonds. The lowest BCUT2D eigenvalue weighted by atomic mass is 10.1. The number of nitrogens with zero attached hydrogens (tertiary/aromatic N) is 1. The molecule has 0 spiro atoms. The lowest BCUT2D eigenvalue weighted by molar-refractivity contribution is 0.0929. The number of aromatic nitrogens is 1. The first-order chi connectivity index (χ1) is 7.60. The fraction of sp³-hybridized carbons (Fsp3) is 0.455. The smallest absolute Gasteiger partial charge is 0.254 e. The second-order valence-corrected chi connectivity index (χ2v) is 3.45. The third-order valence-corrected chi connectivity index (χ3v) is 2.41. The van der Waals surface area contributed by atoms with E-state index in [-0.39, 0.29) is 11.6 Å². The molecule has 5 heteroatoms. The van der Waals surface area contributed by atoms with Crippen LogP contribution in [0.4, 0.5) is 8.78 Å². The molecule has 0 aliphatic carbocycles. The van der Waals surface area contributed by atoms with Crippen LogP contribution in [0.15, 0.2) is 12.3 Å². The highest BCUT2D eigenvalue weighted by atomic mass is 19.2. The van der Waals surface area contributed by atoms with Crippen molar-refractivity contribution in [1.82, 2.24) is 10.3 Å². The zero-order chi connectivity index (χ0) is 12.1. The molecule has 0 atom stereocenters. The standard InChI is InChI=1S/C11H14F2N2O/c1-3-7(4-2)15-11(16)8-5-6-14-10(13)9(8)12/h5-7H,3-4H2,1-2H3,(H,15,16). The van der Waals surface area contributed by atoms with Gasteiger partial charge in [0.25, 0.3) is 5.91 Å². The second-order valence-electron chi connectivity index (χ2n) is 3.45. The van der Waals surface area contributed by atoms with Crippen molar-refractivity contribution < 1.29 is 13.6 Å². The molecule has 1 heterocycles. The molecule has 0 radical (unpaired) electrons. The van der Waals surface area contributed by atoms with Crippen LogP contribution in [0.1, 0.15) is 37.0 Å². The second kappa shape index (κ2) is 5.53. The Kier molecular flexibility index (Phi) is 4.34. The Bertz CT molecular complexity index is 378. The number of nitrogens with one attached hydrogen (secondary N) is 1. The number of pyridine rings is 1. The predicted octanol–water partition coefficient (Wildman–Crippen LogP) is 2.28. The van der Waals surface area contributed by atoms with Gasteiger partial charge in [0.05, 0.1) is 5.56 Å². The maximum absolute atomic E-state index is 13.2. The van der Waals surface area contributed by atoms with Gasteiger partial charge in [-0.1, -0.05) is 13.8 Å². The van der Waals surface area contributed by atoms with Gasteiger partial charge in [-0.05, 0) is 18.9 Å². The normalized spacial score (nSPS) is 10.6. The van der Waals surface area contributed by atoms with E-state index in [0.717, 1.165) is 25.1 Å². The summed E-state index contributed by atoms with van der Waals surface area (Å²) < 4.78 is 26.0. The van der Waals surface area contributed by atoms with Crippen LogP contribution in [0.5, 0.6) is 0 Å². The van der Waals surface area contributed by atoms with Crippen molar-refractivity contribution in [2.45, 2.75) is 32.7 Å². The Morgan fingerprint density at radius 1 is 1.44 bits per heavy atom. The summed E-state index contributed by atoms with van der Waals surface area (Å²) in [5, 5.41) is 2.63. The molecule has 1 rings (SSSR count). The minimum atomic E-state index is -1.25. The van der Waals surface area contributed by atoms with Crippen molar-refractivity contribution in [2.75, 3.05) is 0 Å². The van der Waals surface area contributed by atoms with Crippen molar-refractivity contribution in [2.24, 2.45) is 0 Å². The van der Waals surface area contributed by atoms with Crippen LogP contribution in [-0.2, 0) is 0 Å². The van der Waals surface area contributed by atoms with Gasteiger partial charge in [0.15, 0.2) is 5.82 Å². The minimum absolute atomic E-state index is 0.0249. The lowest BCUT2D eigenvalue weighted by Gasteiger charge is -2.14. The first kappa shape index (κ1) is 12.5. The maximum atomic E-state index is 13.2. The monoisotopic (exact) mass is 228 g/mol. The molecule has 3 nitrogen and oxygen atoms in total. The average Bonchev–Trinajstić information content (AvgIpc) is 2.29. The number of carbonyl (C=O) groups excluding carboxylic acids is 1. The summed E-state index contributed by atoms with van der Waals surface area (Å²) in [6.07, 6.45) is 2.56. The van der Waals surface area contributed by atoms with E-state index < -0.39 is 17.7 Å². The van der Waals surface area contributed by atoms with Gasteiger partial charge in [-0.2, -0.15) is 4.39 Å². The molecule has 0 aliphatic heterocycles. The average molecular weight is 228 g/mol. The topological polar surface area (TPSA) is 42.0 Å². The number of rotatable bonds is 4. The van der Waals surface area contributed by atoms with Gasteiger partial charge >= 0.3 is 0 Å². The molecule has 0 fully saturated rings. The minimum Gasteiger partial charge on any atom is -0.349 e. The Labute approximate surface area is 92.9 Å². The van der Waals surface area contributed by atoms with E-state index in [4.69, 9.17) is 0 Å².